The summed E-state index contributed by atoms with van der Waals surface area (Å²) in [5.74, 6) is 0.797. The summed E-state index contributed by atoms with van der Waals surface area (Å²) in [5.41, 5.74) is 2.01. The van der Waals surface area contributed by atoms with E-state index in [0.717, 1.165) is 21.8 Å². The Morgan fingerprint density at radius 3 is 2.65 bits per heavy atom. The molecule has 20 heavy (non-hydrogen) atoms. The first-order valence-electron chi connectivity index (χ1n) is 6.28. The summed E-state index contributed by atoms with van der Waals surface area (Å²) in [5, 5.41) is 9.59. The van der Waals surface area contributed by atoms with Gasteiger partial charge in [-0.05, 0) is 29.8 Å². The van der Waals surface area contributed by atoms with Gasteiger partial charge in [-0.25, -0.2) is 4.98 Å². The number of hydrogen-bond acceptors (Lipinski definition) is 4. The van der Waals surface area contributed by atoms with Gasteiger partial charge in [-0.2, -0.15) is 5.26 Å². The molecule has 1 heterocycles. The number of benzene rings is 2. The molecule has 0 atom stereocenters. The van der Waals surface area contributed by atoms with Gasteiger partial charge in [0.2, 0.25) is 0 Å². The first-order chi connectivity index (χ1) is 9.85. The van der Waals surface area contributed by atoms with Crippen LogP contribution in [0.15, 0.2) is 48.5 Å². The Balaban J connectivity index is 1.68. The summed E-state index contributed by atoms with van der Waals surface area (Å²) < 4.78 is 6.90. The van der Waals surface area contributed by atoms with Crippen molar-refractivity contribution in [3.63, 3.8) is 0 Å². The SMILES string of the molecule is N#CCc1ccc(OCc2nc3ccccc3s2)cc1. The second-order valence-corrected chi connectivity index (χ2v) is 5.46. The maximum absolute atomic E-state index is 8.62. The molecule has 4 heteroatoms. The molecule has 3 nitrogen and oxygen atoms in total. The van der Waals surface area contributed by atoms with Crippen LogP contribution in [0.2, 0.25) is 0 Å². The zero-order chi connectivity index (χ0) is 13.8. The number of nitrogens with zero attached hydrogens (tertiary/aromatic N) is 2. The van der Waals surface area contributed by atoms with Crippen LogP contribution in [0.3, 0.4) is 0 Å². The van der Waals surface area contributed by atoms with Gasteiger partial charge in [0.25, 0.3) is 0 Å². The summed E-state index contributed by atoms with van der Waals surface area (Å²) >= 11 is 1.65. The average Bonchev–Trinajstić information content (AvgIpc) is 2.90. The molecule has 0 saturated heterocycles. The van der Waals surface area contributed by atoms with Gasteiger partial charge in [0, 0.05) is 0 Å². The Morgan fingerprint density at radius 2 is 1.90 bits per heavy atom. The monoisotopic (exact) mass is 280 g/mol. The van der Waals surface area contributed by atoms with Crippen molar-refractivity contribution >= 4 is 21.6 Å². The summed E-state index contributed by atoms with van der Waals surface area (Å²) in [6.07, 6.45) is 0.429. The van der Waals surface area contributed by atoms with E-state index in [1.807, 2.05) is 42.5 Å². The van der Waals surface area contributed by atoms with Crippen LogP contribution in [0, 0.1) is 11.3 Å². The van der Waals surface area contributed by atoms with Crippen molar-refractivity contribution in [2.75, 3.05) is 0 Å². The smallest absolute Gasteiger partial charge is 0.140 e. The lowest BCUT2D eigenvalue weighted by atomic mass is 10.2. The van der Waals surface area contributed by atoms with Gasteiger partial charge >= 0.3 is 0 Å². The molecule has 3 aromatic rings. The van der Waals surface area contributed by atoms with E-state index in [2.05, 4.69) is 17.1 Å². The van der Waals surface area contributed by atoms with Gasteiger partial charge in [0.05, 0.1) is 22.7 Å². The Morgan fingerprint density at radius 1 is 1.10 bits per heavy atom. The van der Waals surface area contributed by atoms with E-state index in [9.17, 15) is 0 Å². The zero-order valence-electron chi connectivity index (χ0n) is 10.7. The number of nitriles is 1. The first kappa shape index (κ1) is 12.6. The van der Waals surface area contributed by atoms with Gasteiger partial charge in [-0.15, -0.1) is 11.3 Å². The average molecular weight is 280 g/mol. The highest BCUT2D eigenvalue weighted by Crippen LogP contribution is 2.23. The highest BCUT2D eigenvalue weighted by Gasteiger charge is 2.04. The number of fused-ring (bicyclic) bond motifs is 1. The lowest BCUT2D eigenvalue weighted by Gasteiger charge is -2.04. The summed E-state index contributed by atoms with van der Waals surface area (Å²) in [7, 11) is 0. The van der Waals surface area contributed by atoms with Crippen molar-refractivity contribution in [1.82, 2.24) is 4.98 Å². The molecule has 0 aliphatic rings. The minimum atomic E-state index is 0.429. The van der Waals surface area contributed by atoms with Gasteiger partial charge in [0.1, 0.15) is 17.4 Å². The molecule has 0 radical (unpaired) electrons. The van der Waals surface area contributed by atoms with Crippen molar-refractivity contribution in [1.29, 1.82) is 5.26 Å². The third kappa shape index (κ3) is 2.79. The molecule has 0 bridgehead atoms. The standard InChI is InChI=1S/C16H12N2OS/c17-10-9-12-5-7-13(8-6-12)19-11-16-18-14-3-1-2-4-15(14)20-16/h1-8H,9,11H2. The molecule has 0 N–H and O–H groups in total. The van der Waals surface area contributed by atoms with Crippen LogP contribution in [-0.2, 0) is 13.0 Å². The molecule has 3 rings (SSSR count). The number of para-hydroxylation sites is 1. The molecule has 2 aromatic carbocycles. The highest BCUT2D eigenvalue weighted by molar-refractivity contribution is 7.18. The van der Waals surface area contributed by atoms with Crippen LogP contribution < -0.4 is 4.74 Å². The van der Waals surface area contributed by atoms with Crippen LogP contribution in [0.5, 0.6) is 5.75 Å². The molecular formula is C16H12N2OS. The van der Waals surface area contributed by atoms with Gasteiger partial charge in [-0.1, -0.05) is 24.3 Å². The van der Waals surface area contributed by atoms with Crippen molar-refractivity contribution < 1.29 is 4.74 Å². The molecular weight excluding hydrogens is 268 g/mol. The van der Waals surface area contributed by atoms with Crippen molar-refractivity contribution in [3.05, 3.63) is 59.1 Å². The summed E-state index contributed by atoms with van der Waals surface area (Å²) in [4.78, 5) is 4.53. The number of thiazole rings is 1. The fourth-order valence-corrected chi connectivity index (χ4v) is 2.80. The van der Waals surface area contributed by atoms with Crippen LogP contribution in [0.25, 0.3) is 10.2 Å². The van der Waals surface area contributed by atoms with Gasteiger partial charge < -0.3 is 4.74 Å². The third-order valence-electron chi connectivity index (χ3n) is 2.91. The van der Waals surface area contributed by atoms with Crippen LogP contribution in [0.4, 0.5) is 0 Å². The first-order valence-corrected chi connectivity index (χ1v) is 7.10. The van der Waals surface area contributed by atoms with Gasteiger partial charge in [0.15, 0.2) is 0 Å². The Bertz CT molecular complexity index is 723. The normalized spacial score (nSPS) is 10.3. The van der Waals surface area contributed by atoms with Gasteiger partial charge in [-0.3, -0.25) is 0 Å². The fourth-order valence-electron chi connectivity index (χ4n) is 1.92. The predicted octanol–water partition coefficient (Wildman–Crippen LogP) is 3.94. The Kier molecular flexibility index (Phi) is 3.62. The molecule has 98 valence electrons. The van der Waals surface area contributed by atoms with Crippen LogP contribution in [-0.4, -0.2) is 4.98 Å². The van der Waals surface area contributed by atoms with Crippen molar-refractivity contribution in [2.45, 2.75) is 13.0 Å². The van der Waals surface area contributed by atoms with E-state index < -0.39 is 0 Å². The quantitative estimate of drug-likeness (QED) is 0.727. The van der Waals surface area contributed by atoms with E-state index in [4.69, 9.17) is 10.00 Å². The van der Waals surface area contributed by atoms with Crippen molar-refractivity contribution in [3.8, 4) is 11.8 Å². The number of ether oxygens (including phenoxy) is 1. The number of hydrogen-bond donors (Lipinski definition) is 0. The molecule has 0 unspecified atom stereocenters. The predicted molar refractivity (Wildman–Crippen MR) is 79.7 cm³/mol. The van der Waals surface area contributed by atoms with Crippen LogP contribution in [0.1, 0.15) is 10.6 Å². The number of aromatic nitrogens is 1. The largest absolute Gasteiger partial charge is 0.486 e. The maximum atomic E-state index is 8.62. The topological polar surface area (TPSA) is 45.9 Å². The lowest BCUT2D eigenvalue weighted by Crippen LogP contribution is -1.94. The summed E-state index contributed by atoms with van der Waals surface area (Å²) in [6.45, 7) is 0.469. The fraction of sp³-hybridized carbons (Fsp3) is 0.125. The Labute approximate surface area is 121 Å². The third-order valence-corrected chi connectivity index (χ3v) is 3.92. The zero-order valence-corrected chi connectivity index (χ0v) is 11.6. The Hall–Kier alpha value is -2.38. The highest BCUT2D eigenvalue weighted by atomic mass is 32.1. The van der Waals surface area contributed by atoms with Crippen LogP contribution >= 0.6 is 11.3 Å². The van der Waals surface area contributed by atoms with Crippen molar-refractivity contribution in [2.24, 2.45) is 0 Å². The second-order valence-electron chi connectivity index (χ2n) is 4.34. The van der Waals surface area contributed by atoms with E-state index >= 15 is 0 Å². The minimum absolute atomic E-state index is 0.429. The second kappa shape index (κ2) is 5.72. The molecule has 0 aliphatic heterocycles. The number of rotatable bonds is 4. The van der Waals surface area contributed by atoms with E-state index in [0.29, 0.717) is 13.0 Å². The summed E-state index contributed by atoms with van der Waals surface area (Å²) in [6, 6.07) is 17.8. The molecule has 0 fully saturated rings. The van der Waals surface area contributed by atoms with E-state index in [1.54, 1.807) is 11.3 Å². The minimum Gasteiger partial charge on any atom is -0.486 e. The molecule has 0 amide bonds. The molecule has 0 spiro atoms. The van der Waals surface area contributed by atoms with E-state index in [-0.39, 0.29) is 0 Å². The molecule has 1 aromatic heterocycles. The molecule has 0 saturated carbocycles. The maximum Gasteiger partial charge on any atom is 0.140 e. The van der Waals surface area contributed by atoms with E-state index in [1.165, 1.54) is 4.70 Å². The lowest BCUT2D eigenvalue weighted by molar-refractivity contribution is 0.306. The molecule has 0 aliphatic carbocycles.